The van der Waals surface area contributed by atoms with Gasteiger partial charge in [0.25, 0.3) is 0 Å². The van der Waals surface area contributed by atoms with Crippen LogP contribution in [-0.4, -0.2) is 84.2 Å². The van der Waals surface area contributed by atoms with Crippen molar-refractivity contribution in [3.8, 4) is 11.5 Å². The number of likely N-dealkylation sites (tertiary alicyclic amines) is 1. The van der Waals surface area contributed by atoms with Gasteiger partial charge in [-0.05, 0) is 55.1 Å². The van der Waals surface area contributed by atoms with Crippen LogP contribution in [-0.2, 0) is 25.6 Å². The van der Waals surface area contributed by atoms with Crippen LogP contribution in [0.1, 0.15) is 32.3 Å². The standard InChI is InChI=1S/C21H21NO4.C4H9NO2.CH5N.CH4O.CH2O/c1-21-12-17(20(24)25)22(18(21)13-21)19(23)11-14-7-9-16(10-8-14)26-15-5-3-2-4-6-15;1-4(7)5-2-3-6;3*1-2/h2-10,17-18H,11-13H2,1H3,(H,24,25);6H,2-3H2,1H3,(H,5,7);2H2,1H3;2H,1H3;1H2/t17?,18?,21-;;;;/m1..../s1. The van der Waals surface area contributed by atoms with Gasteiger partial charge in [-0.3, -0.25) is 9.59 Å². The normalized spacial score (nSPS) is 19.4. The molecule has 0 radical (unpaired) electrons. The van der Waals surface area contributed by atoms with Gasteiger partial charge in [-0.1, -0.05) is 37.3 Å². The molecule has 216 valence electrons. The quantitative estimate of drug-likeness (QED) is 0.344. The molecule has 0 spiro atoms. The number of hydrogen-bond acceptors (Lipinski definition) is 8. The first-order valence-corrected chi connectivity index (χ1v) is 12.3. The van der Waals surface area contributed by atoms with Gasteiger partial charge in [-0.25, -0.2) is 4.79 Å². The molecule has 2 aromatic carbocycles. The van der Waals surface area contributed by atoms with Crippen molar-refractivity contribution in [2.75, 3.05) is 27.3 Å². The highest BCUT2D eigenvalue weighted by Crippen LogP contribution is 2.59. The van der Waals surface area contributed by atoms with E-state index in [-0.39, 0.29) is 36.3 Å². The number of aliphatic carboxylic acids is 1. The number of ether oxygens (including phenoxy) is 1. The van der Waals surface area contributed by atoms with Crippen molar-refractivity contribution in [3.05, 3.63) is 60.2 Å². The third-order valence-corrected chi connectivity index (χ3v) is 5.95. The fraction of sp³-hybridized carbons (Fsp3) is 0.429. The van der Waals surface area contributed by atoms with Crippen molar-refractivity contribution in [1.82, 2.24) is 10.2 Å². The van der Waals surface area contributed by atoms with Crippen molar-refractivity contribution in [2.24, 2.45) is 11.1 Å². The van der Waals surface area contributed by atoms with Crippen LogP contribution < -0.4 is 15.8 Å². The molecule has 1 aliphatic carbocycles. The second kappa shape index (κ2) is 18.5. The highest BCUT2D eigenvalue weighted by atomic mass is 16.5. The van der Waals surface area contributed by atoms with Gasteiger partial charge in [-0.2, -0.15) is 0 Å². The predicted molar refractivity (Wildman–Crippen MR) is 147 cm³/mol. The van der Waals surface area contributed by atoms with Gasteiger partial charge in [0.15, 0.2) is 0 Å². The number of hydrogen-bond donors (Lipinski definition) is 5. The lowest BCUT2D eigenvalue weighted by Crippen LogP contribution is -2.43. The molecule has 1 heterocycles. The molecular weight excluding hydrogens is 506 g/mol. The maximum absolute atomic E-state index is 12.7. The minimum absolute atomic E-state index is 0.00784. The Labute approximate surface area is 229 Å². The number of benzene rings is 2. The number of nitrogens with two attached hydrogens (primary N) is 1. The summed E-state index contributed by atoms with van der Waals surface area (Å²) in [4.78, 5) is 43.8. The number of carboxylic acid groups (broad SMARTS) is 1. The highest BCUT2D eigenvalue weighted by Gasteiger charge is 2.64. The van der Waals surface area contributed by atoms with Crippen LogP contribution in [0.4, 0.5) is 0 Å². The Bertz CT molecular complexity index is 1000. The van der Waals surface area contributed by atoms with E-state index in [0.29, 0.717) is 18.7 Å². The van der Waals surface area contributed by atoms with Crippen LogP contribution >= 0.6 is 0 Å². The Morgan fingerprint density at radius 3 is 2.03 bits per heavy atom. The van der Waals surface area contributed by atoms with E-state index in [4.69, 9.17) is 19.7 Å². The van der Waals surface area contributed by atoms with Crippen LogP contribution in [0.5, 0.6) is 11.5 Å². The maximum Gasteiger partial charge on any atom is 0.326 e. The Hall–Kier alpha value is -3.80. The van der Waals surface area contributed by atoms with Gasteiger partial charge in [0.05, 0.1) is 13.0 Å². The third kappa shape index (κ3) is 11.2. The second-order valence-electron chi connectivity index (χ2n) is 8.68. The summed E-state index contributed by atoms with van der Waals surface area (Å²) in [5.41, 5.74) is 5.35. The summed E-state index contributed by atoms with van der Waals surface area (Å²) in [6.07, 6.45) is 1.68. The number of fused-ring (bicyclic) bond motifs is 1. The molecule has 1 saturated heterocycles. The number of rotatable bonds is 7. The molecule has 2 fully saturated rings. The number of nitrogens with zero attached hydrogens (tertiary/aromatic N) is 1. The van der Waals surface area contributed by atoms with E-state index < -0.39 is 12.0 Å². The van der Waals surface area contributed by atoms with Crippen LogP contribution in [0.2, 0.25) is 0 Å². The monoisotopic (exact) mass is 547 g/mol. The molecule has 2 unspecified atom stereocenters. The lowest BCUT2D eigenvalue weighted by Gasteiger charge is -2.24. The molecule has 1 aliphatic heterocycles. The Balaban J connectivity index is 0.000000950. The fourth-order valence-corrected chi connectivity index (χ4v) is 4.15. The second-order valence-corrected chi connectivity index (χ2v) is 8.68. The number of piperidine rings is 1. The molecule has 2 aromatic rings. The van der Waals surface area contributed by atoms with E-state index in [0.717, 1.165) is 24.8 Å². The van der Waals surface area contributed by atoms with Gasteiger partial charge in [0.1, 0.15) is 24.3 Å². The molecular formula is C28H41N3O8. The maximum atomic E-state index is 12.7. The van der Waals surface area contributed by atoms with E-state index in [1.807, 2.05) is 61.4 Å². The average Bonchev–Trinajstić information content (AvgIpc) is 3.52. The molecule has 3 atom stereocenters. The fourth-order valence-electron chi connectivity index (χ4n) is 4.15. The lowest BCUT2D eigenvalue weighted by atomic mass is 10.0. The summed E-state index contributed by atoms with van der Waals surface area (Å²) in [5.74, 6) is 0.338. The van der Waals surface area contributed by atoms with E-state index in [9.17, 15) is 19.5 Å². The minimum atomic E-state index is -0.904. The number of carbonyl (C=O) groups excluding carboxylic acids is 3. The zero-order chi connectivity index (χ0) is 30.0. The lowest BCUT2D eigenvalue weighted by molar-refractivity contribution is -0.149. The number of carboxylic acids is 1. The number of nitrogens with one attached hydrogen (secondary N) is 1. The van der Waals surface area contributed by atoms with Crippen LogP contribution in [0.3, 0.4) is 0 Å². The topological polar surface area (TPSA) is 179 Å². The van der Waals surface area contributed by atoms with E-state index in [2.05, 4.69) is 18.0 Å². The molecule has 11 nitrogen and oxygen atoms in total. The molecule has 4 rings (SSSR count). The number of para-hydroxylation sites is 1. The molecule has 11 heteroatoms. The van der Waals surface area contributed by atoms with Crippen molar-refractivity contribution in [1.29, 1.82) is 0 Å². The van der Waals surface area contributed by atoms with Crippen molar-refractivity contribution >= 4 is 24.6 Å². The molecule has 2 amide bonds. The van der Waals surface area contributed by atoms with E-state index in [1.54, 1.807) is 4.90 Å². The zero-order valence-electron chi connectivity index (χ0n) is 23.0. The highest BCUT2D eigenvalue weighted by molar-refractivity contribution is 5.87. The van der Waals surface area contributed by atoms with Gasteiger partial charge in [0.2, 0.25) is 11.8 Å². The Morgan fingerprint density at radius 2 is 1.56 bits per heavy atom. The molecule has 2 aliphatic rings. The largest absolute Gasteiger partial charge is 0.480 e. The summed E-state index contributed by atoms with van der Waals surface area (Å²) in [7, 11) is 2.50. The summed E-state index contributed by atoms with van der Waals surface area (Å²) >= 11 is 0. The summed E-state index contributed by atoms with van der Waals surface area (Å²) in [6.45, 7) is 5.85. The van der Waals surface area contributed by atoms with Crippen molar-refractivity contribution < 1.29 is 39.2 Å². The Kier molecular flexibility index (Phi) is 16.7. The number of carbonyl (C=O) groups is 4. The van der Waals surface area contributed by atoms with E-state index in [1.165, 1.54) is 14.0 Å². The Morgan fingerprint density at radius 1 is 1.03 bits per heavy atom. The molecule has 1 saturated carbocycles. The molecule has 39 heavy (non-hydrogen) atoms. The predicted octanol–water partition coefficient (Wildman–Crippen LogP) is 1.60. The van der Waals surface area contributed by atoms with Crippen LogP contribution in [0, 0.1) is 5.41 Å². The third-order valence-electron chi connectivity index (χ3n) is 5.95. The van der Waals surface area contributed by atoms with Gasteiger partial charge < -0.3 is 40.8 Å². The van der Waals surface area contributed by atoms with Crippen LogP contribution in [0.25, 0.3) is 0 Å². The number of aliphatic hydroxyl groups excluding tert-OH is 2. The van der Waals surface area contributed by atoms with Crippen molar-refractivity contribution in [3.63, 3.8) is 0 Å². The first-order valence-electron chi connectivity index (χ1n) is 12.3. The minimum Gasteiger partial charge on any atom is -0.480 e. The molecule has 6 N–H and O–H groups in total. The van der Waals surface area contributed by atoms with E-state index >= 15 is 0 Å². The zero-order valence-corrected chi connectivity index (χ0v) is 23.0. The van der Waals surface area contributed by atoms with Gasteiger partial charge in [0, 0.05) is 26.6 Å². The average molecular weight is 548 g/mol. The van der Waals surface area contributed by atoms with Crippen molar-refractivity contribution in [2.45, 2.75) is 45.2 Å². The molecule has 0 aromatic heterocycles. The summed E-state index contributed by atoms with van der Waals surface area (Å²) < 4.78 is 5.75. The van der Waals surface area contributed by atoms with Gasteiger partial charge >= 0.3 is 5.97 Å². The van der Waals surface area contributed by atoms with Gasteiger partial charge in [-0.15, -0.1) is 0 Å². The number of aliphatic hydroxyl groups is 2. The smallest absolute Gasteiger partial charge is 0.326 e. The molecule has 0 bridgehead atoms. The first-order chi connectivity index (χ1) is 18.7. The SMILES string of the molecule is C=O.CC(=O)NCCO.CN.CO.C[C@]12CC(C(=O)O)N(C(=O)Cc3ccc(Oc4ccccc4)cc3)C1C2. The summed E-state index contributed by atoms with van der Waals surface area (Å²) in [5, 5.41) is 26.9. The number of amides is 2. The first kappa shape index (κ1) is 35.2. The summed E-state index contributed by atoms with van der Waals surface area (Å²) in [6, 6.07) is 16.3. The van der Waals surface area contributed by atoms with Crippen LogP contribution in [0.15, 0.2) is 54.6 Å².